The fourth-order valence-corrected chi connectivity index (χ4v) is 3.70. The summed E-state index contributed by atoms with van der Waals surface area (Å²) in [5.41, 5.74) is 3.87. The Bertz CT molecular complexity index is 1100. The van der Waals surface area contributed by atoms with Crippen LogP contribution in [0.4, 0.5) is 4.39 Å². The lowest BCUT2D eigenvalue weighted by atomic mass is 10.0. The fraction of sp³-hybridized carbons (Fsp3) is 0.160. The number of hydrogen-bond donors (Lipinski definition) is 0. The van der Waals surface area contributed by atoms with Crippen molar-refractivity contribution in [2.75, 3.05) is 6.61 Å². The molecule has 0 unspecified atom stereocenters. The maximum Gasteiger partial charge on any atom is 0.175 e. The van der Waals surface area contributed by atoms with Crippen molar-refractivity contribution in [3.8, 4) is 17.6 Å². The van der Waals surface area contributed by atoms with E-state index in [1.165, 1.54) is 6.07 Å². The van der Waals surface area contributed by atoms with Crippen LogP contribution in [0.3, 0.4) is 0 Å². The highest BCUT2D eigenvalue weighted by molar-refractivity contribution is 14.1. The minimum absolute atomic E-state index is 0.102. The highest BCUT2D eigenvalue weighted by Crippen LogP contribution is 2.36. The second-order valence-corrected chi connectivity index (χ2v) is 7.84. The van der Waals surface area contributed by atoms with Crippen molar-refractivity contribution in [3.05, 3.63) is 92.3 Å². The summed E-state index contributed by atoms with van der Waals surface area (Å²) in [4.78, 5) is 0. The van der Waals surface area contributed by atoms with Gasteiger partial charge in [0.15, 0.2) is 11.5 Å². The van der Waals surface area contributed by atoms with Crippen molar-refractivity contribution in [2.24, 2.45) is 0 Å². The Hall–Kier alpha value is -2.85. The van der Waals surface area contributed by atoms with Gasteiger partial charge in [-0.3, -0.25) is 0 Å². The van der Waals surface area contributed by atoms with Crippen LogP contribution in [-0.2, 0) is 6.61 Å². The van der Waals surface area contributed by atoms with Crippen LogP contribution in [0.15, 0.2) is 60.7 Å². The Labute approximate surface area is 189 Å². The SMILES string of the molecule is CCOc1cc(/C=C(/C#N)c2ccc(C)cc2)cc(I)c1OCc1ccccc1F. The fourth-order valence-electron chi connectivity index (χ4n) is 2.92. The van der Waals surface area contributed by atoms with E-state index in [0.29, 0.717) is 29.2 Å². The molecular formula is C25H21FINO2. The van der Waals surface area contributed by atoms with Gasteiger partial charge < -0.3 is 9.47 Å². The minimum Gasteiger partial charge on any atom is -0.490 e. The first-order valence-corrected chi connectivity index (χ1v) is 10.6. The highest BCUT2D eigenvalue weighted by Gasteiger charge is 2.14. The van der Waals surface area contributed by atoms with Gasteiger partial charge >= 0.3 is 0 Å². The first-order valence-electron chi connectivity index (χ1n) is 9.53. The number of aryl methyl sites for hydroxylation is 1. The lowest BCUT2D eigenvalue weighted by Crippen LogP contribution is -2.03. The molecule has 0 N–H and O–H groups in total. The van der Waals surface area contributed by atoms with Crippen LogP contribution in [0, 0.1) is 27.6 Å². The van der Waals surface area contributed by atoms with Crippen molar-refractivity contribution in [2.45, 2.75) is 20.5 Å². The Morgan fingerprint density at radius 3 is 2.50 bits per heavy atom. The highest BCUT2D eigenvalue weighted by atomic mass is 127. The summed E-state index contributed by atoms with van der Waals surface area (Å²) in [6, 6.07) is 20.4. The Balaban J connectivity index is 1.93. The second kappa shape index (κ2) is 10.3. The molecule has 3 rings (SSSR count). The quantitative estimate of drug-likeness (QED) is 0.199. The molecule has 0 spiro atoms. The maximum absolute atomic E-state index is 13.9. The second-order valence-electron chi connectivity index (χ2n) is 6.68. The van der Waals surface area contributed by atoms with Gasteiger partial charge in [-0.1, -0.05) is 48.0 Å². The molecule has 0 radical (unpaired) electrons. The van der Waals surface area contributed by atoms with E-state index in [-0.39, 0.29) is 12.4 Å². The summed E-state index contributed by atoms with van der Waals surface area (Å²) in [6.45, 7) is 4.46. The largest absolute Gasteiger partial charge is 0.490 e. The van der Waals surface area contributed by atoms with Gasteiger partial charge in [0.25, 0.3) is 0 Å². The molecule has 0 aliphatic heterocycles. The molecule has 3 aromatic rings. The van der Waals surface area contributed by atoms with E-state index in [4.69, 9.17) is 9.47 Å². The average Bonchev–Trinajstić information content (AvgIpc) is 2.73. The normalized spacial score (nSPS) is 11.1. The van der Waals surface area contributed by atoms with Gasteiger partial charge in [0.1, 0.15) is 12.4 Å². The van der Waals surface area contributed by atoms with Gasteiger partial charge in [-0.05, 0) is 71.8 Å². The third kappa shape index (κ3) is 5.39. The summed E-state index contributed by atoms with van der Waals surface area (Å²) < 4.78 is 26.4. The molecule has 0 aliphatic carbocycles. The van der Waals surface area contributed by atoms with E-state index in [1.807, 2.05) is 56.3 Å². The Morgan fingerprint density at radius 2 is 1.83 bits per heavy atom. The molecule has 0 atom stereocenters. The van der Waals surface area contributed by atoms with Crippen LogP contribution < -0.4 is 9.47 Å². The molecule has 152 valence electrons. The number of benzene rings is 3. The molecule has 0 aliphatic rings. The summed E-state index contributed by atoms with van der Waals surface area (Å²) in [7, 11) is 0. The van der Waals surface area contributed by atoms with Crippen LogP contribution >= 0.6 is 22.6 Å². The number of allylic oxidation sites excluding steroid dienone is 1. The lowest BCUT2D eigenvalue weighted by molar-refractivity contribution is 0.264. The minimum atomic E-state index is -0.304. The maximum atomic E-state index is 13.9. The number of hydrogen-bond acceptors (Lipinski definition) is 3. The zero-order valence-corrected chi connectivity index (χ0v) is 18.9. The van der Waals surface area contributed by atoms with Crippen LogP contribution in [0.1, 0.15) is 29.2 Å². The van der Waals surface area contributed by atoms with Crippen molar-refractivity contribution in [1.29, 1.82) is 5.26 Å². The summed E-state index contributed by atoms with van der Waals surface area (Å²) >= 11 is 2.17. The number of rotatable bonds is 7. The molecule has 3 nitrogen and oxygen atoms in total. The number of nitriles is 1. The molecule has 30 heavy (non-hydrogen) atoms. The van der Waals surface area contributed by atoms with E-state index in [2.05, 4.69) is 28.7 Å². The monoisotopic (exact) mass is 513 g/mol. The lowest BCUT2D eigenvalue weighted by Gasteiger charge is -2.15. The zero-order valence-electron chi connectivity index (χ0n) is 16.8. The average molecular weight is 513 g/mol. The van der Waals surface area contributed by atoms with Crippen LogP contribution in [0.5, 0.6) is 11.5 Å². The predicted molar refractivity (Wildman–Crippen MR) is 126 cm³/mol. The third-order valence-corrected chi connectivity index (χ3v) is 5.26. The molecule has 0 amide bonds. The Morgan fingerprint density at radius 1 is 1.10 bits per heavy atom. The van der Waals surface area contributed by atoms with Gasteiger partial charge in [-0.25, -0.2) is 4.39 Å². The number of halogens is 2. The molecule has 0 saturated carbocycles. The van der Waals surface area contributed by atoms with Crippen molar-refractivity contribution >= 4 is 34.2 Å². The van der Waals surface area contributed by atoms with Crippen molar-refractivity contribution < 1.29 is 13.9 Å². The van der Waals surface area contributed by atoms with E-state index < -0.39 is 0 Å². The molecular weight excluding hydrogens is 492 g/mol. The van der Waals surface area contributed by atoms with Gasteiger partial charge in [0.2, 0.25) is 0 Å². The standard InChI is InChI=1S/C25H21FINO2/c1-3-29-24-14-18(12-21(15-28)19-10-8-17(2)9-11-19)13-23(27)25(24)30-16-20-6-4-5-7-22(20)26/h4-14H,3,16H2,1-2H3/b21-12-. The zero-order chi connectivity index (χ0) is 21.5. The molecule has 3 aromatic carbocycles. The predicted octanol–water partition coefficient (Wildman–Crippen LogP) is 6.78. The van der Waals surface area contributed by atoms with Crippen LogP contribution in [-0.4, -0.2) is 6.61 Å². The van der Waals surface area contributed by atoms with E-state index in [9.17, 15) is 9.65 Å². The molecule has 5 heteroatoms. The van der Waals surface area contributed by atoms with E-state index in [0.717, 1.165) is 20.3 Å². The molecule has 0 aromatic heterocycles. The topological polar surface area (TPSA) is 42.2 Å². The Kier molecular flexibility index (Phi) is 7.47. The van der Waals surface area contributed by atoms with Crippen molar-refractivity contribution in [1.82, 2.24) is 0 Å². The van der Waals surface area contributed by atoms with Crippen LogP contribution in [0.25, 0.3) is 11.6 Å². The molecule has 0 bridgehead atoms. The van der Waals surface area contributed by atoms with Crippen LogP contribution in [0.2, 0.25) is 0 Å². The van der Waals surface area contributed by atoms with E-state index >= 15 is 0 Å². The smallest absolute Gasteiger partial charge is 0.175 e. The van der Waals surface area contributed by atoms with Gasteiger partial charge in [-0.2, -0.15) is 5.26 Å². The van der Waals surface area contributed by atoms with Gasteiger partial charge in [0, 0.05) is 5.56 Å². The van der Waals surface area contributed by atoms with Gasteiger partial charge in [0.05, 0.1) is 21.8 Å². The number of ether oxygens (including phenoxy) is 2. The molecule has 0 saturated heterocycles. The first-order chi connectivity index (χ1) is 14.5. The van der Waals surface area contributed by atoms with Crippen molar-refractivity contribution in [3.63, 3.8) is 0 Å². The number of nitrogens with zero attached hydrogens (tertiary/aromatic N) is 1. The molecule has 0 heterocycles. The van der Waals surface area contributed by atoms with E-state index in [1.54, 1.807) is 18.2 Å². The third-order valence-electron chi connectivity index (χ3n) is 4.46. The molecule has 0 fully saturated rings. The van der Waals surface area contributed by atoms with Gasteiger partial charge in [-0.15, -0.1) is 0 Å². The summed E-state index contributed by atoms with van der Waals surface area (Å²) in [5.74, 6) is 0.821. The summed E-state index contributed by atoms with van der Waals surface area (Å²) in [6.07, 6.45) is 1.83. The first kappa shape index (κ1) is 21.8. The summed E-state index contributed by atoms with van der Waals surface area (Å²) in [5, 5.41) is 9.63.